The molecule has 0 N–H and O–H groups in total. The highest BCUT2D eigenvalue weighted by atomic mass is 35.5. The number of carbonyl (C=O) groups excluding carboxylic acids is 1. The molecular formula is C24H33Cl2N3O. The number of hydrogen-bond donors (Lipinski definition) is 0. The van der Waals surface area contributed by atoms with Gasteiger partial charge in [0.2, 0.25) is 6.41 Å². The number of nitrogens with zero attached hydrogens (tertiary/aromatic N) is 3. The molecule has 1 heterocycles. The first-order valence-corrected chi connectivity index (χ1v) is 10.6. The lowest BCUT2D eigenvalue weighted by Gasteiger charge is -2.27. The number of amides is 1. The fraction of sp³-hybridized carbons (Fsp3) is 0.417. The average Bonchev–Trinajstić information content (AvgIpc) is 2.94. The molecule has 0 aliphatic rings. The molecule has 0 spiro atoms. The van der Waals surface area contributed by atoms with Gasteiger partial charge in [-0.05, 0) is 77.3 Å². The van der Waals surface area contributed by atoms with Crippen molar-refractivity contribution < 1.29 is 4.79 Å². The summed E-state index contributed by atoms with van der Waals surface area (Å²) in [5, 5.41) is 5.84. The first kappa shape index (κ1) is 26.0. The van der Waals surface area contributed by atoms with Crippen molar-refractivity contribution in [3.63, 3.8) is 0 Å². The molecule has 0 unspecified atom stereocenters. The molecule has 1 aromatic heterocycles. The fourth-order valence-electron chi connectivity index (χ4n) is 2.55. The van der Waals surface area contributed by atoms with Crippen molar-refractivity contribution in [1.29, 1.82) is 0 Å². The highest BCUT2D eigenvalue weighted by Crippen LogP contribution is 2.28. The van der Waals surface area contributed by atoms with Crippen LogP contribution in [0.5, 0.6) is 0 Å². The highest BCUT2D eigenvalue weighted by molar-refractivity contribution is 6.34. The van der Waals surface area contributed by atoms with Crippen molar-refractivity contribution in [2.45, 2.75) is 60.4 Å². The zero-order valence-corrected chi connectivity index (χ0v) is 20.8. The smallest absolute Gasteiger partial charge is 0.209 e. The number of benzene rings is 1. The predicted octanol–water partition coefficient (Wildman–Crippen LogP) is 7.04. The van der Waals surface area contributed by atoms with Crippen LogP contribution in [0.4, 0.5) is 0 Å². The lowest BCUT2D eigenvalue weighted by Crippen LogP contribution is -2.36. The minimum atomic E-state index is -0.0260. The van der Waals surface area contributed by atoms with E-state index >= 15 is 0 Å². The molecular weight excluding hydrogens is 417 g/mol. The van der Waals surface area contributed by atoms with E-state index in [-0.39, 0.29) is 5.54 Å². The summed E-state index contributed by atoms with van der Waals surface area (Å²) in [5.74, 6) is 0. The fourth-order valence-corrected chi connectivity index (χ4v) is 3.07. The van der Waals surface area contributed by atoms with Crippen molar-refractivity contribution in [3.8, 4) is 5.69 Å². The highest BCUT2D eigenvalue weighted by Gasteiger charge is 2.16. The van der Waals surface area contributed by atoms with E-state index in [4.69, 9.17) is 23.2 Å². The van der Waals surface area contributed by atoms with Crippen LogP contribution in [-0.4, -0.2) is 33.7 Å². The second-order valence-electron chi connectivity index (χ2n) is 8.32. The van der Waals surface area contributed by atoms with E-state index in [1.807, 2.05) is 44.5 Å². The topological polar surface area (TPSA) is 38.1 Å². The number of hydrogen-bond acceptors (Lipinski definition) is 2. The zero-order chi connectivity index (χ0) is 23.2. The van der Waals surface area contributed by atoms with Gasteiger partial charge in [0.25, 0.3) is 0 Å². The van der Waals surface area contributed by atoms with E-state index in [0.29, 0.717) is 10.0 Å². The molecule has 4 nitrogen and oxygen atoms in total. The minimum Gasteiger partial charge on any atom is -0.343 e. The van der Waals surface area contributed by atoms with E-state index in [0.717, 1.165) is 46.6 Å². The number of halogens is 2. The molecule has 30 heavy (non-hydrogen) atoms. The third-order valence-electron chi connectivity index (χ3n) is 4.92. The molecule has 0 radical (unpaired) electrons. The molecule has 0 atom stereocenters. The van der Waals surface area contributed by atoms with Crippen LogP contribution in [-0.2, 0) is 4.79 Å². The maximum atomic E-state index is 10.1. The van der Waals surface area contributed by atoms with E-state index in [1.165, 1.54) is 0 Å². The molecule has 0 bridgehead atoms. The minimum absolute atomic E-state index is 0.0260. The zero-order valence-electron chi connectivity index (χ0n) is 19.3. The summed E-state index contributed by atoms with van der Waals surface area (Å²) in [5.41, 5.74) is 6.24. The van der Waals surface area contributed by atoms with Crippen molar-refractivity contribution in [2.75, 3.05) is 7.05 Å². The largest absolute Gasteiger partial charge is 0.343 e. The summed E-state index contributed by atoms with van der Waals surface area (Å²) >= 11 is 12.3. The Morgan fingerprint density at radius 1 is 1.20 bits per heavy atom. The van der Waals surface area contributed by atoms with Gasteiger partial charge < -0.3 is 4.90 Å². The van der Waals surface area contributed by atoms with Crippen LogP contribution in [0.3, 0.4) is 0 Å². The number of aromatic nitrogens is 2. The van der Waals surface area contributed by atoms with Gasteiger partial charge in [0.1, 0.15) is 0 Å². The van der Waals surface area contributed by atoms with Crippen LogP contribution in [0.15, 0.2) is 36.4 Å². The quantitative estimate of drug-likeness (QED) is 0.362. The van der Waals surface area contributed by atoms with E-state index in [1.54, 1.807) is 18.0 Å². The Morgan fingerprint density at radius 3 is 2.13 bits per heavy atom. The monoisotopic (exact) mass is 449 g/mol. The third-order valence-corrected chi connectivity index (χ3v) is 5.35. The second kappa shape index (κ2) is 10.8. The number of carbonyl (C=O) groups is 1. The second-order valence-corrected chi connectivity index (χ2v) is 9.20. The van der Waals surface area contributed by atoms with Gasteiger partial charge in [-0.2, -0.15) is 5.10 Å². The maximum absolute atomic E-state index is 10.1. The Morgan fingerprint density at radius 2 is 1.73 bits per heavy atom. The van der Waals surface area contributed by atoms with Crippen LogP contribution in [0, 0.1) is 13.8 Å². The molecule has 0 aliphatic carbocycles. The summed E-state index contributed by atoms with van der Waals surface area (Å²) in [6.07, 6.45) is 3.86. The number of rotatable bonds is 5. The Balaban J connectivity index is 0.000000479. The van der Waals surface area contributed by atoms with E-state index in [2.05, 4.69) is 38.5 Å². The van der Waals surface area contributed by atoms with Gasteiger partial charge in [0.05, 0.1) is 17.1 Å². The molecule has 0 fully saturated rings. The Kier molecular flexibility index (Phi) is 9.38. The SMILES string of the molecule is C=C(/C=C(\C)c1c(C)c(C)nn1-c1cc(Cl)cc(Cl)c1)CC.CN(C=O)C(C)(C)C. The summed E-state index contributed by atoms with van der Waals surface area (Å²) in [6.45, 7) is 18.3. The first-order chi connectivity index (χ1) is 13.8. The molecule has 1 amide bonds. The van der Waals surface area contributed by atoms with Crippen molar-refractivity contribution in [2.24, 2.45) is 0 Å². The van der Waals surface area contributed by atoms with Gasteiger partial charge in [0.15, 0.2) is 0 Å². The predicted molar refractivity (Wildman–Crippen MR) is 130 cm³/mol. The molecule has 0 saturated carbocycles. The number of allylic oxidation sites excluding steroid dienone is 3. The molecule has 6 heteroatoms. The van der Waals surface area contributed by atoms with E-state index in [9.17, 15) is 4.79 Å². The summed E-state index contributed by atoms with van der Waals surface area (Å²) in [4.78, 5) is 11.7. The average molecular weight is 450 g/mol. The summed E-state index contributed by atoms with van der Waals surface area (Å²) in [7, 11) is 1.77. The maximum Gasteiger partial charge on any atom is 0.209 e. The Labute approximate surface area is 191 Å². The van der Waals surface area contributed by atoms with Gasteiger partial charge in [-0.3, -0.25) is 4.79 Å². The van der Waals surface area contributed by atoms with Crippen LogP contribution < -0.4 is 0 Å². The van der Waals surface area contributed by atoms with Gasteiger partial charge in [0, 0.05) is 22.6 Å². The van der Waals surface area contributed by atoms with Crippen LogP contribution in [0.1, 0.15) is 58.0 Å². The van der Waals surface area contributed by atoms with Gasteiger partial charge >= 0.3 is 0 Å². The molecule has 0 saturated heterocycles. The normalized spacial score (nSPS) is 11.6. The third kappa shape index (κ3) is 7.03. The van der Waals surface area contributed by atoms with Crippen molar-refractivity contribution in [3.05, 3.63) is 63.4 Å². The first-order valence-electron chi connectivity index (χ1n) is 9.89. The molecule has 164 valence electrons. The van der Waals surface area contributed by atoms with Crippen molar-refractivity contribution >= 4 is 35.2 Å². The lowest BCUT2D eigenvalue weighted by atomic mass is 10.0. The van der Waals surface area contributed by atoms with Crippen molar-refractivity contribution in [1.82, 2.24) is 14.7 Å². The molecule has 2 rings (SSSR count). The Hall–Kier alpha value is -2.04. The molecule has 1 aromatic carbocycles. The van der Waals surface area contributed by atoms with Crippen LogP contribution in [0.25, 0.3) is 11.3 Å². The lowest BCUT2D eigenvalue weighted by molar-refractivity contribution is -0.120. The summed E-state index contributed by atoms with van der Waals surface area (Å²) in [6, 6.07) is 5.45. The molecule has 0 aliphatic heterocycles. The standard InChI is InChI=1S/C18H20Cl2N2.C6H13NO/c1-6-11(2)7-12(3)18-13(4)14(5)21-22(18)17-9-15(19)8-16(20)10-17;1-6(2,3)7(4)5-8/h7-10H,2,6H2,1,3-5H3;5H,1-4H3/b12-7+;. The number of aryl methyl sites for hydroxylation is 1. The summed E-state index contributed by atoms with van der Waals surface area (Å²) < 4.78 is 1.90. The van der Waals surface area contributed by atoms with E-state index < -0.39 is 0 Å². The molecule has 2 aromatic rings. The van der Waals surface area contributed by atoms with Crippen LogP contribution >= 0.6 is 23.2 Å². The Bertz CT molecular complexity index is 916. The van der Waals surface area contributed by atoms with Crippen LogP contribution in [0.2, 0.25) is 10.0 Å². The van der Waals surface area contributed by atoms with Gasteiger partial charge in [-0.25, -0.2) is 4.68 Å². The van der Waals surface area contributed by atoms with Gasteiger partial charge in [-0.15, -0.1) is 0 Å². The van der Waals surface area contributed by atoms with Gasteiger partial charge in [-0.1, -0.05) is 48.4 Å².